The number of ether oxygens (including phenoxy) is 1. The van der Waals surface area contributed by atoms with Crippen molar-refractivity contribution in [1.82, 2.24) is 14.7 Å². The summed E-state index contributed by atoms with van der Waals surface area (Å²) in [4.78, 5) is 29.0. The average molecular weight is 453 g/mol. The molecule has 0 N–H and O–H groups in total. The lowest BCUT2D eigenvalue weighted by atomic mass is 10.2. The van der Waals surface area contributed by atoms with Crippen LogP contribution in [0.5, 0.6) is 5.75 Å². The van der Waals surface area contributed by atoms with Crippen LogP contribution in [0.25, 0.3) is 5.69 Å². The molecule has 1 aliphatic heterocycles. The first-order valence-corrected chi connectivity index (χ1v) is 11.0. The Morgan fingerprint density at radius 1 is 1.03 bits per heavy atom. The monoisotopic (exact) mass is 452 g/mol. The summed E-state index contributed by atoms with van der Waals surface area (Å²) in [6.45, 7) is 4.27. The van der Waals surface area contributed by atoms with E-state index in [-0.39, 0.29) is 23.1 Å². The first-order valence-electron chi connectivity index (χ1n) is 10.6. The minimum atomic E-state index is -0.364. The van der Waals surface area contributed by atoms with E-state index in [2.05, 4.69) is 12.0 Å². The number of halogens is 1. The topological polar surface area (TPSA) is 67.7 Å². The van der Waals surface area contributed by atoms with Gasteiger partial charge in [-0.25, -0.2) is 0 Å². The van der Waals surface area contributed by atoms with Gasteiger partial charge in [0, 0.05) is 26.2 Å². The number of hydrogen-bond acceptors (Lipinski definition) is 5. The maximum Gasteiger partial charge on any atom is 0.292 e. The molecule has 1 aliphatic rings. The number of para-hydroxylation sites is 1. The van der Waals surface area contributed by atoms with E-state index >= 15 is 0 Å². The molecule has 1 saturated heterocycles. The molecule has 0 aliphatic carbocycles. The molecule has 32 heavy (non-hydrogen) atoms. The van der Waals surface area contributed by atoms with Gasteiger partial charge in [-0.2, -0.15) is 9.78 Å². The largest absolute Gasteiger partial charge is 0.484 e. The highest BCUT2D eigenvalue weighted by Crippen LogP contribution is 2.23. The van der Waals surface area contributed by atoms with E-state index in [0.29, 0.717) is 43.3 Å². The summed E-state index contributed by atoms with van der Waals surface area (Å²) in [5.74, 6) is 0.624. The molecule has 166 valence electrons. The fourth-order valence-electron chi connectivity index (χ4n) is 3.65. The quantitative estimate of drug-likeness (QED) is 0.574. The maximum absolute atomic E-state index is 12.7. The lowest BCUT2D eigenvalue weighted by Gasteiger charge is -2.36. The molecule has 4 rings (SSSR count). The van der Waals surface area contributed by atoms with Gasteiger partial charge in [-0.1, -0.05) is 48.9 Å². The Kier molecular flexibility index (Phi) is 6.75. The van der Waals surface area contributed by atoms with Crippen LogP contribution in [0.3, 0.4) is 0 Å². The zero-order valence-electron chi connectivity index (χ0n) is 17.9. The third kappa shape index (κ3) is 4.78. The lowest BCUT2D eigenvalue weighted by molar-refractivity contribution is -0.133. The van der Waals surface area contributed by atoms with E-state index in [0.717, 1.165) is 6.42 Å². The Bertz CT molecular complexity index is 1120. The van der Waals surface area contributed by atoms with E-state index in [1.54, 1.807) is 23.2 Å². The summed E-state index contributed by atoms with van der Waals surface area (Å²) in [7, 11) is 0. The van der Waals surface area contributed by atoms with E-state index in [4.69, 9.17) is 16.3 Å². The summed E-state index contributed by atoms with van der Waals surface area (Å²) < 4.78 is 6.93. The second-order valence-corrected chi connectivity index (χ2v) is 7.93. The van der Waals surface area contributed by atoms with Gasteiger partial charge in [0.1, 0.15) is 10.8 Å². The Labute approximate surface area is 191 Å². The molecule has 7 nitrogen and oxygen atoms in total. The van der Waals surface area contributed by atoms with Crippen molar-refractivity contribution in [3.05, 3.63) is 81.7 Å². The highest BCUT2D eigenvalue weighted by molar-refractivity contribution is 6.33. The zero-order chi connectivity index (χ0) is 22.5. The van der Waals surface area contributed by atoms with E-state index in [1.165, 1.54) is 10.2 Å². The molecular formula is C24H25ClN4O3. The minimum absolute atomic E-state index is 0.000897. The van der Waals surface area contributed by atoms with Crippen molar-refractivity contribution in [2.75, 3.05) is 37.7 Å². The molecule has 1 aromatic heterocycles. The molecule has 2 aromatic carbocycles. The van der Waals surface area contributed by atoms with E-state index in [1.807, 2.05) is 47.4 Å². The van der Waals surface area contributed by atoms with Crippen molar-refractivity contribution in [3.63, 3.8) is 0 Å². The normalized spacial score (nSPS) is 13.8. The van der Waals surface area contributed by atoms with Gasteiger partial charge in [0.05, 0.1) is 17.6 Å². The number of carbonyl (C=O) groups is 1. The first kappa shape index (κ1) is 21.9. The number of rotatable bonds is 6. The van der Waals surface area contributed by atoms with Gasteiger partial charge in [-0.15, -0.1) is 0 Å². The number of benzene rings is 2. The molecule has 0 radical (unpaired) electrons. The Morgan fingerprint density at radius 3 is 2.38 bits per heavy atom. The van der Waals surface area contributed by atoms with Crippen molar-refractivity contribution in [2.24, 2.45) is 0 Å². The van der Waals surface area contributed by atoms with Crippen LogP contribution in [-0.2, 0) is 11.2 Å². The standard InChI is InChI=1S/C24H25ClN4O3/c1-2-18-8-10-20(11-9-18)32-17-22(30)28-14-12-27(13-15-28)21-16-26-29(24(31)23(21)25)19-6-4-3-5-7-19/h3-11,16H,2,12-15,17H2,1H3. The van der Waals surface area contributed by atoms with Crippen molar-refractivity contribution < 1.29 is 9.53 Å². The van der Waals surface area contributed by atoms with Crippen LogP contribution in [0.1, 0.15) is 12.5 Å². The van der Waals surface area contributed by atoms with Crippen LogP contribution in [-0.4, -0.2) is 53.4 Å². The summed E-state index contributed by atoms with van der Waals surface area (Å²) in [6, 6.07) is 16.9. The van der Waals surface area contributed by atoms with Gasteiger partial charge in [-0.3, -0.25) is 9.59 Å². The van der Waals surface area contributed by atoms with Crippen molar-refractivity contribution in [2.45, 2.75) is 13.3 Å². The van der Waals surface area contributed by atoms with Crippen LogP contribution in [0.4, 0.5) is 5.69 Å². The Hall–Kier alpha value is -3.32. The van der Waals surface area contributed by atoms with E-state index in [9.17, 15) is 9.59 Å². The number of amides is 1. The lowest BCUT2D eigenvalue weighted by Crippen LogP contribution is -2.50. The third-order valence-electron chi connectivity index (χ3n) is 5.57. The van der Waals surface area contributed by atoms with Crippen LogP contribution in [0.15, 0.2) is 65.6 Å². The number of hydrogen-bond donors (Lipinski definition) is 0. The summed E-state index contributed by atoms with van der Waals surface area (Å²) in [5.41, 5.74) is 2.11. The number of aryl methyl sites for hydroxylation is 1. The molecule has 2 heterocycles. The molecule has 1 amide bonds. The van der Waals surface area contributed by atoms with Gasteiger partial charge in [0.2, 0.25) is 0 Å². The number of carbonyl (C=O) groups excluding carboxylic acids is 1. The third-order valence-corrected chi connectivity index (χ3v) is 5.92. The molecule has 0 spiro atoms. The van der Waals surface area contributed by atoms with Crippen LogP contribution in [0.2, 0.25) is 5.02 Å². The van der Waals surface area contributed by atoms with Gasteiger partial charge >= 0.3 is 0 Å². The predicted octanol–water partition coefficient (Wildman–Crippen LogP) is 3.18. The van der Waals surface area contributed by atoms with Crippen molar-refractivity contribution in [1.29, 1.82) is 0 Å². The SMILES string of the molecule is CCc1ccc(OCC(=O)N2CCN(c3cnn(-c4ccccc4)c(=O)c3Cl)CC2)cc1. The maximum atomic E-state index is 12.7. The van der Waals surface area contributed by atoms with Gasteiger partial charge < -0.3 is 14.5 Å². The second kappa shape index (κ2) is 9.87. The Morgan fingerprint density at radius 2 is 1.72 bits per heavy atom. The fourth-order valence-corrected chi connectivity index (χ4v) is 3.90. The molecule has 0 saturated carbocycles. The second-order valence-electron chi connectivity index (χ2n) is 7.55. The number of nitrogens with zero attached hydrogens (tertiary/aromatic N) is 4. The molecule has 1 fully saturated rings. The molecule has 0 unspecified atom stereocenters. The van der Waals surface area contributed by atoms with E-state index < -0.39 is 0 Å². The number of piperazine rings is 1. The molecular weight excluding hydrogens is 428 g/mol. The molecule has 0 bridgehead atoms. The molecule has 3 aromatic rings. The van der Waals surface area contributed by atoms with Crippen molar-refractivity contribution in [3.8, 4) is 11.4 Å². The van der Waals surface area contributed by atoms with Gasteiger partial charge in [0.25, 0.3) is 11.5 Å². The highest BCUT2D eigenvalue weighted by Gasteiger charge is 2.24. The number of aromatic nitrogens is 2. The Balaban J connectivity index is 1.35. The smallest absolute Gasteiger partial charge is 0.292 e. The molecule has 8 heteroatoms. The summed E-state index contributed by atoms with van der Waals surface area (Å²) in [6.07, 6.45) is 2.57. The van der Waals surface area contributed by atoms with Crippen LogP contribution >= 0.6 is 11.6 Å². The highest BCUT2D eigenvalue weighted by atomic mass is 35.5. The predicted molar refractivity (Wildman–Crippen MR) is 125 cm³/mol. The van der Waals surface area contributed by atoms with Gasteiger partial charge in [0.15, 0.2) is 6.61 Å². The minimum Gasteiger partial charge on any atom is -0.484 e. The zero-order valence-corrected chi connectivity index (χ0v) is 18.7. The molecule has 0 atom stereocenters. The fraction of sp³-hybridized carbons (Fsp3) is 0.292. The number of anilines is 1. The average Bonchev–Trinajstić information content (AvgIpc) is 2.85. The van der Waals surface area contributed by atoms with Crippen LogP contribution < -0.4 is 15.2 Å². The first-order chi connectivity index (χ1) is 15.6. The summed E-state index contributed by atoms with van der Waals surface area (Å²) >= 11 is 6.40. The van der Waals surface area contributed by atoms with Crippen LogP contribution in [0, 0.1) is 0 Å². The summed E-state index contributed by atoms with van der Waals surface area (Å²) in [5, 5.41) is 4.42. The van der Waals surface area contributed by atoms with Crippen molar-refractivity contribution >= 4 is 23.2 Å². The van der Waals surface area contributed by atoms with Gasteiger partial charge in [-0.05, 0) is 36.2 Å².